The molecule has 18 heavy (non-hydrogen) atoms. The van der Waals surface area contributed by atoms with Gasteiger partial charge in [0.2, 0.25) is 5.91 Å². The topological polar surface area (TPSA) is 46.9 Å². The summed E-state index contributed by atoms with van der Waals surface area (Å²) in [5.41, 5.74) is 1.25. The minimum atomic E-state index is -0.349. The molecule has 1 N–H and O–H groups in total. The smallest absolute Gasteiger partial charge is 0.246 e. The highest BCUT2D eigenvalue weighted by Crippen LogP contribution is 2.24. The van der Waals surface area contributed by atoms with Crippen molar-refractivity contribution in [1.29, 1.82) is 0 Å². The van der Waals surface area contributed by atoms with Gasteiger partial charge in [-0.15, -0.1) is 0 Å². The molecule has 1 heterocycles. The fourth-order valence-corrected chi connectivity index (χ4v) is 1.86. The molecule has 0 spiro atoms. The van der Waals surface area contributed by atoms with Gasteiger partial charge in [0.05, 0.1) is 4.47 Å². The lowest BCUT2D eigenvalue weighted by Gasteiger charge is -2.09. The second kappa shape index (κ2) is 5.30. The van der Waals surface area contributed by atoms with Gasteiger partial charge in [-0.2, -0.15) is 5.10 Å². The van der Waals surface area contributed by atoms with E-state index in [4.69, 9.17) is 0 Å². The Labute approximate surface area is 112 Å². The molecule has 1 amide bonds. The first-order valence-electron chi connectivity index (χ1n) is 5.29. The van der Waals surface area contributed by atoms with Crippen LogP contribution in [0.4, 0.5) is 10.1 Å². The molecule has 0 aliphatic heterocycles. The molecule has 0 saturated heterocycles. The number of aromatic nitrogens is 2. The van der Waals surface area contributed by atoms with Crippen LogP contribution in [0.2, 0.25) is 0 Å². The Kier molecular flexibility index (Phi) is 3.76. The van der Waals surface area contributed by atoms with Gasteiger partial charge < -0.3 is 5.32 Å². The van der Waals surface area contributed by atoms with Crippen LogP contribution in [0.3, 0.4) is 0 Å². The highest BCUT2D eigenvalue weighted by atomic mass is 79.9. The number of hydrogen-bond acceptors (Lipinski definition) is 2. The molecular weight excluding hydrogens is 301 g/mol. The van der Waals surface area contributed by atoms with Crippen molar-refractivity contribution in [3.63, 3.8) is 0 Å². The second-order valence-corrected chi connectivity index (χ2v) is 4.69. The summed E-state index contributed by atoms with van der Waals surface area (Å²) in [6.07, 6.45) is 3.31. The molecular formula is C12H11BrFN3O. The number of carbonyl (C=O) groups excluding carboxylic acids is 1. The van der Waals surface area contributed by atoms with Crippen molar-refractivity contribution in [2.75, 3.05) is 5.32 Å². The van der Waals surface area contributed by atoms with Crippen LogP contribution in [0.1, 0.15) is 5.56 Å². The summed E-state index contributed by atoms with van der Waals surface area (Å²) in [4.78, 5) is 11.7. The molecule has 0 saturated carbocycles. The third-order valence-electron chi connectivity index (χ3n) is 2.41. The largest absolute Gasteiger partial charge is 0.324 e. The average Bonchev–Trinajstić information content (AvgIpc) is 2.78. The van der Waals surface area contributed by atoms with Gasteiger partial charge in [-0.05, 0) is 46.6 Å². The Hall–Kier alpha value is -1.69. The van der Waals surface area contributed by atoms with Gasteiger partial charge in [-0.1, -0.05) is 0 Å². The van der Waals surface area contributed by atoms with E-state index in [9.17, 15) is 9.18 Å². The number of carbonyl (C=O) groups is 1. The van der Waals surface area contributed by atoms with Crippen LogP contribution in [0, 0.1) is 12.7 Å². The third kappa shape index (κ3) is 2.95. The van der Waals surface area contributed by atoms with Gasteiger partial charge in [0.1, 0.15) is 12.4 Å². The van der Waals surface area contributed by atoms with Crippen LogP contribution in [0.25, 0.3) is 0 Å². The molecule has 2 aromatic rings. The van der Waals surface area contributed by atoms with Gasteiger partial charge in [-0.3, -0.25) is 9.48 Å². The van der Waals surface area contributed by atoms with E-state index in [-0.39, 0.29) is 18.3 Å². The van der Waals surface area contributed by atoms with E-state index in [0.29, 0.717) is 15.7 Å². The maximum absolute atomic E-state index is 13.2. The first-order chi connectivity index (χ1) is 8.56. The predicted octanol–water partition coefficient (Wildman–Crippen LogP) is 2.73. The lowest BCUT2D eigenvalue weighted by molar-refractivity contribution is -0.116. The van der Waals surface area contributed by atoms with E-state index in [0.717, 1.165) is 0 Å². The van der Waals surface area contributed by atoms with Gasteiger partial charge in [0.25, 0.3) is 0 Å². The van der Waals surface area contributed by atoms with Crippen molar-refractivity contribution in [2.45, 2.75) is 13.5 Å². The number of nitrogens with zero attached hydrogens (tertiary/aromatic N) is 2. The van der Waals surface area contributed by atoms with E-state index < -0.39 is 0 Å². The van der Waals surface area contributed by atoms with Crippen LogP contribution in [-0.4, -0.2) is 15.7 Å². The van der Waals surface area contributed by atoms with Crippen molar-refractivity contribution in [3.8, 4) is 0 Å². The highest BCUT2D eigenvalue weighted by Gasteiger charge is 2.09. The summed E-state index contributed by atoms with van der Waals surface area (Å²) in [5.74, 6) is -0.558. The van der Waals surface area contributed by atoms with E-state index in [2.05, 4.69) is 26.3 Å². The average molecular weight is 312 g/mol. The van der Waals surface area contributed by atoms with Gasteiger partial charge >= 0.3 is 0 Å². The Balaban J connectivity index is 2.09. The van der Waals surface area contributed by atoms with Gasteiger partial charge in [-0.25, -0.2) is 4.39 Å². The zero-order valence-corrected chi connectivity index (χ0v) is 11.2. The Morgan fingerprint density at radius 2 is 2.33 bits per heavy atom. The molecule has 2 rings (SSSR count). The van der Waals surface area contributed by atoms with E-state index >= 15 is 0 Å². The van der Waals surface area contributed by atoms with Crippen molar-refractivity contribution in [1.82, 2.24) is 9.78 Å². The summed E-state index contributed by atoms with van der Waals surface area (Å²) >= 11 is 3.09. The minimum absolute atomic E-state index is 0.126. The minimum Gasteiger partial charge on any atom is -0.324 e. The van der Waals surface area contributed by atoms with Crippen molar-refractivity contribution >= 4 is 27.5 Å². The molecule has 0 unspecified atom stereocenters. The van der Waals surface area contributed by atoms with Crippen molar-refractivity contribution in [3.05, 3.63) is 46.4 Å². The number of hydrogen-bond donors (Lipinski definition) is 1. The van der Waals surface area contributed by atoms with E-state index in [1.165, 1.54) is 10.7 Å². The number of benzene rings is 1. The SMILES string of the molecule is Cc1cc(F)c(Br)cc1NC(=O)Cn1cccn1. The summed E-state index contributed by atoms with van der Waals surface area (Å²) in [6.45, 7) is 1.86. The van der Waals surface area contributed by atoms with Crippen molar-refractivity contribution in [2.24, 2.45) is 0 Å². The lowest BCUT2D eigenvalue weighted by atomic mass is 10.2. The van der Waals surface area contributed by atoms with E-state index in [1.807, 2.05) is 0 Å². The summed E-state index contributed by atoms with van der Waals surface area (Å²) in [6, 6.07) is 4.66. The molecule has 0 aliphatic rings. The number of aryl methyl sites for hydroxylation is 1. The van der Waals surface area contributed by atoms with Gasteiger partial charge in [0.15, 0.2) is 0 Å². The molecule has 0 aliphatic carbocycles. The normalized spacial score (nSPS) is 10.4. The summed E-state index contributed by atoms with van der Waals surface area (Å²) in [5, 5.41) is 6.66. The fourth-order valence-electron chi connectivity index (χ4n) is 1.51. The predicted molar refractivity (Wildman–Crippen MR) is 69.7 cm³/mol. The fraction of sp³-hybridized carbons (Fsp3) is 0.167. The zero-order valence-electron chi connectivity index (χ0n) is 9.65. The first kappa shape index (κ1) is 12.8. The maximum atomic E-state index is 13.2. The second-order valence-electron chi connectivity index (χ2n) is 3.83. The molecule has 1 aromatic carbocycles. The van der Waals surface area contributed by atoms with Crippen molar-refractivity contribution < 1.29 is 9.18 Å². The lowest BCUT2D eigenvalue weighted by Crippen LogP contribution is -2.19. The summed E-state index contributed by atoms with van der Waals surface area (Å²) < 4.78 is 15.1. The number of rotatable bonds is 3. The number of anilines is 1. The molecule has 0 atom stereocenters. The van der Waals surface area contributed by atoms with Gasteiger partial charge in [0, 0.05) is 18.1 Å². The molecule has 0 radical (unpaired) electrons. The van der Waals surface area contributed by atoms with Crippen LogP contribution >= 0.6 is 15.9 Å². The standard InChI is InChI=1S/C12H11BrFN3O/c1-8-5-10(14)9(13)6-11(8)16-12(18)7-17-4-2-3-15-17/h2-6H,7H2,1H3,(H,16,18). The number of halogens is 2. The van der Waals surface area contributed by atoms with Crippen LogP contribution in [-0.2, 0) is 11.3 Å². The molecule has 4 nitrogen and oxygen atoms in total. The molecule has 1 aromatic heterocycles. The number of amides is 1. The number of nitrogens with one attached hydrogen (secondary N) is 1. The van der Waals surface area contributed by atoms with E-state index in [1.54, 1.807) is 31.5 Å². The first-order valence-corrected chi connectivity index (χ1v) is 6.08. The summed E-state index contributed by atoms with van der Waals surface area (Å²) in [7, 11) is 0. The monoisotopic (exact) mass is 311 g/mol. The maximum Gasteiger partial charge on any atom is 0.246 e. The van der Waals surface area contributed by atoms with Crippen LogP contribution in [0.5, 0.6) is 0 Å². The zero-order chi connectivity index (χ0) is 13.1. The Morgan fingerprint density at radius 1 is 1.56 bits per heavy atom. The Morgan fingerprint density at radius 3 is 3.00 bits per heavy atom. The molecule has 94 valence electrons. The highest BCUT2D eigenvalue weighted by molar-refractivity contribution is 9.10. The molecule has 0 bridgehead atoms. The molecule has 6 heteroatoms. The Bertz CT molecular complexity index is 569. The van der Waals surface area contributed by atoms with Crippen LogP contribution < -0.4 is 5.32 Å². The third-order valence-corrected chi connectivity index (χ3v) is 3.01. The quantitative estimate of drug-likeness (QED) is 0.947. The van der Waals surface area contributed by atoms with Crippen LogP contribution in [0.15, 0.2) is 35.1 Å². The molecule has 0 fully saturated rings.